The number of hydrogen-bond acceptors (Lipinski definition) is 4. The van der Waals surface area contributed by atoms with Crippen LogP contribution in [-0.4, -0.2) is 30.4 Å². The Balaban J connectivity index is 3.00. The molecule has 0 radical (unpaired) electrons. The van der Waals surface area contributed by atoms with Crippen molar-refractivity contribution in [1.29, 1.82) is 0 Å². The van der Waals surface area contributed by atoms with Gasteiger partial charge in [0, 0.05) is 31.5 Å². The standard InChI is InChI=1S/C10H13ClNOPS3/c1-12(2)10(15)17-14(16,13-3)9-6-4-8(11)5-7-9/h4-7H,1-3H3. The molecule has 0 aliphatic rings. The number of hydrogen-bond donors (Lipinski definition) is 0. The average Bonchev–Trinajstić information content (AvgIpc) is 2.29. The molecule has 0 aliphatic carbocycles. The highest BCUT2D eigenvalue weighted by Gasteiger charge is 2.23. The number of rotatable bonds is 3. The third-order valence-electron chi connectivity index (χ3n) is 1.95. The SMILES string of the molecule is COP(=S)(SC(=S)N(C)C)c1ccc(Cl)cc1. The second kappa shape index (κ2) is 6.50. The van der Waals surface area contributed by atoms with Gasteiger partial charge in [-0.05, 0) is 35.6 Å². The molecule has 1 aromatic carbocycles. The normalized spacial score (nSPS) is 14.1. The lowest BCUT2D eigenvalue weighted by Gasteiger charge is -2.22. The highest BCUT2D eigenvalue weighted by molar-refractivity contribution is 8.78. The van der Waals surface area contributed by atoms with Crippen LogP contribution in [0.25, 0.3) is 0 Å². The number of nitrogens with zero attached hydrogens (tertiary/aromatic N) is 1. The van der Waals surface area contributed by atoms with Crippen LogP contribution in [0.5, 0.6) is 0 Å². The number of halogens is 1. The average molecular weight is 326 g/mol. The van der Waals surface area contributed by atoms with Crippen LogP contribution in [0.1, 0.15) is 0 Å². The number of thiocarbonyl (C=S) groups is 1. The first-order chi connectivity index (χ1) is 7.89. The lowest BCUT2D eigenvalue weighted by molar-refractivity contribution is 0.476. The molecular weight excluding hydrogens is 313 g/mol. The van der Waals surface area contributed by atoms with E-state index in [4.69, 9.17) is 40.1 Å². The molecule has 1 unspecified atom stereocenters. The molecule has 0 aliphatic heterocycles. The second-order valence-electron chi connectivity index (χ2n) is 3.41. The Bertz CT molecular complexity index is 449. The molecule has 7 heteroatoms. The predicted molar refractivity (Wildman–Crippen MR) is 86.3 cm³/mol. The van der Waals surface area contributed by atoms with Crippen molar-refractivity contribution in [2.45, 2.75) is 0 Å². The van der Waals surface area contributed by atoms with Gasteiger partial charge in [-0.3, -0.25) is 0 Å². The summed E-state index contributed by atoms with van der Waals surface area (Å²) < 4.78 is 6.24. The molecule has 0 N–H and O–H groups in total. The van der Waals surface area contributed by atoms with Gasteiger partial charge in [-0.25, -0.2) is 0 Å². The summed E-state index contributed by atoms with van der Waals surface area (Å²) in [5, 5.41) is 1.65. The van der Waals surface area contributed by atoms with Gasteiger partial charge in [-0.15, -0.1) is 0 Å². The highest BCUT2D eigenvalue weighted by atomic mass is 35.5. The van der Waals surface area contributed by atoms with Crippen molar-refractivity contribution in [3.8, 4) is 0 Å². The van der Waals surface area contributed by atoms with Gasteiger partial charge in [0.25, 0.3) is 0 Å². The van der Waals surface area contributed by atoms with E-state index in [1.54, 1.807) is 7.11 Å². The van der Waals surface area contributed by atoms with Crippen LogP contribution in [-0.2, 0) is 16.3 Å². The maximum atomic E-state index is 5.86. The van der Waals surface area contributed by atoms with Gasteiger partial charge in [-0.1, -0.05) is 35.6 Å². The summed E-state index contributed by atoms with van der Waals surface area (Å²) in [6.45, 7) is 0. The van der Waals surface area contributed by atoms with Gasteiger partial charge in [0.05, 0.1) is 0 Å². The maximum absolute atomic E-state index is 5.86. The van der Waals surface area contributed by atoms with E-state index in [0.717, 1.165) is 9.63 Å². The summed E-state index contributed by atoms with van der Waals surface area (Å²) in [7, 11) is 5.42. The van der Waals surface area contributed by atoms with Crippen LogP contribution in [0.2, 0.25) is 5.02 Å². The third kappa shape index (κ3) is 4.19. The Morgan fingerprint density at radius 3 is 2.29 bits per heavy atom. The first kappa shape index (κ1) is 15.4. The molecule has 0 saturated carbocycles. The van der Waals surface area contributed by atoms with Crippen LogP contribution >= 0.6 is 40.7 Å². The molecule has 0 spiro atoms. The molecule has 0 bridgehead atoms. The molecule has 17 heavy (non-hydrogen) atoms. The molecule has 94 valence electrons. The minimum absolute atomic E-state index is 0.687. The molecule has 0 heterocycles. The molecule has 1 aromatic rings. The van der Waals surface area contributed by atoms with Gasteiger partial charge in [0.1, 0.15) is 4.32 Å². The molecule has 2 nitrogen and oxygen atoms in total. The van der Waals surface area contributed by atoms with Gasteiger partial charge in [-0.2, -0.15) is 0 Å². The van der Waals surface area contributed by atoms with Crippen LogP contribution in [0.3, 0.4) is 0 Å². The summed E-state index contributed by atoms with van der Waals surface area (Å²) in [5.41, 5.74) is -2.17. The molecule has 0 amide bonds. The lowest BCUT2D eigenvalue weighted by Crippen LogP contribution is -2.17. The Morgan fingerprint density at radius 2 is 1.88 bits per heavy atom. The highest BCUT2D eigenvalue weighted by Crippen LogP contribution is 2.59. The summed E-state index contributed by atoms with van der Waals surface area (Å²) in [5.74, 6) is 0. The minimum atomic E-state index is -2.17. The Morgan fingerprint density at radius 1 is 1.35 bits per heavy atom. The summed E-state index contributed by atoms with van der Waals surface area (Å²) >= 11 is 18.2. The van der Waals surface area contributed by atoms with E-state index >= 15 is 0 Å². The summed E-state index contributed by atoms with van der Waals surface area (Å²) in [6.07, 6.45) is 0. The fourth-order valence-electron chi connectivity index (χ4n) is 1.00. The van der Waals surface area contributed by atoms with E-state index in [0.29, 0.717) is 5.02 Å². The molecule has 0 saturated heterocycles. The monoisotopic (exact) mass is 325 g/mol. The zero-order valence-electron chi connectivity index (χ0n) is 9.71. The van der Waals surface area contributed by atoms with Crippen molar-refractivity contribution in [1.82, 2.24) is 4.90 Å². The predicted octanol–water partition coefficient (Wildman–Crippen LogP) is 3.50. The van der Waals surface area contributed by atoms with E-state index in [1.807, 2.05) is 43.3 Å². The van der Waals surface area contributed by atoms with Crippen molar-refractivity contribution < 1.29 is 4.52 Å². The van der Waals surface area contributed by atoms with Crippen molar-refractivity contribution >= 4 is 62.1 Å². The van der Waals surface area contributed by atoms with E-state index in [9.17, 15) is 0 Å². The van der Waals surface area contributed by atoms with Crippen LogP contribution in [0.4, 0.5) is 0 Å². The summed E-state index contributed by atoms with van der Waals surface area (Å²) in [6, 6.07) is 7.43. The largest absolute Gasteiger partial charge is 0.363 e. The smallest absolute Gasteiger partial charge is 0.155 e. The molecule has 0 aromatic heterocycles. The van der Waals surface area contributed by atoms with E-state index < -0.39 is 5.47 Å². The van der Waals surface area contributed by atoms with Crippen molar-refractivity contribution in [2.75, 3.05) is 21.2 Å². The summed E-state index contributed by atoms with van der Waals surface area (Å²) in [4.78, 5) is 1.86. The minimum Gasteiger partial charge on any atom is -0.363 e. The molecule has 0 fully saturated rings. The van der Waals surface area contributed by atoms with E-state index in [2.05, 4.69) is 0 Å². The zero-order valence-corrected chi connectivity index (χ0v) is 13.8. The Hall–Kier alpha value is 0.360. The lowest BCUT2D eigenvalue weighted by atomic mass is 10.4. The van der Waals surface area contributed by atoms with Gasteiger partial charge in [0.2, 0.25) is 0 Å². The van der Waals surface area contributed by atoms with Crippen molar-refractivity contribution in [3.63, 3.8) is 0 Å². The van der Waals surface area contributed by atoms with Crippen LogP contribution < -0.4 is 5.30 Å². The first-order valence-corrected chi connectivity index (χ1v) is 9.64. The number of benzene rings is 1. The molecular formula is C10H13ClNOPS3. The van der Waals surface area contributed by atoms with Crippen molar-refractivity contribution in [2.24, 2.45) is 0 Å². The second-order valence-corrected chi connectivity index (χ2v) is 11.3. The Kier molecular flexibility index (Phi) is 5.90. The van der Waals surface area contributed by atoms with E-state index in [-0.39, 0.29) is 0 Å². The van der Waals surface area contributed by atoms with Crippen LogP contribution in [0, 0.1) is 0 Å². The van der Waals surface area contributed by atoms with Gasteiger partial charge < -0.3 is 9.42 Å². The third-order valence-corrected chi connectivity index (χ3v) is 9.43. The fourth-order valence-corrected chi connectivity index (χ4v) is 6.78. The zero-order chi connectivity index (χ0) is 13.1. The van der Waals surface area contributed by atoms with E-state index in [1.165, 1.54) is 11.4 Å². The molecule has 1 rings (SSSR count). The topological polar surface area (TPSA) is 12.5 Å². The van der Waals surface area contributed by atoms with Crippen LogP contribution in [0.15, 0.2) is 24.3 Å². The van der Waals surface area contributed by atoms with Gasteiger partial charge in [0.15, 0.2) is 5.47 Å². The first-order valence-electron chi connectivity index (χ1n) is 4.72. The maximum Gasteiger partial charge on any atom is 0.155 e. The fraction of sp³-hybridized carbons (Fsp3) is 0.300. The van der Waals surface area contributed by atoms with Crippen molar-refractivity contribution in [3.05, 3.63) is 29.3 Å². The van der Waals surface area contributed by atoms with Gasteiger partial charge >= 0.3 is 0 Å². The molecule has 1 atom stereocenters. The quantitative estimate of drug-likeness (QED) is 0.621. The Labute approximate surface area is 122 Å².